The van der Waals surface area contributed by atoms with Crippen LogP contribution in [0.3, 0.4) is 0 Å². The van der Waals surface area contributed by atoms with Crippen LogP contribution in [0.4, 0.5) is 18.9 Å². The molecule has 0 bridgehead atoms. The lowest BCUT2D eigenvalue weighted by Crippen LogP contribution is -2.09. The third kappa shape index (κ3) is 4.14. The molecule has 0 aromatic heterocycles. The summed E-state index contributed by atoms with van der Waals surface area (Å²) in [4.78, 5) is 0. The van der Waals surface area contributed by atoms with Crippen LogP contribution >= 0.6 is 0 Å². The highest BCUT2D eigenvalue weighted by atomic mass is 19.4. The van der Waals surface area contributed by atoms with Gasteiger partial charge < -0.3 is 10.1 Å². The average molecular weight is 385 g/mol. The summed E-state index contributed by atoms with van der Waals surface area (Å²) in [6.45, 7) is 3.93. The molecule has 3 aromatic carbocycles. The molecule has 0 aliphatic carbocycles. The normalized spacial score (nSPS) is 11.4. The van der Waals surface area contributed by atoms with Gasteiger partial charge in [0.15, 0.2) is 0 Å². The minimum Gasteiger partial charge on any atom is -0.489 e. The molecule has 0 fully saturated rings. The van der Waals surface area contributed by atoms with Crippen LogP contribution in [-0.2, 0) is 12.8 Å². The number of ether oxygens (including phenoxy) is 1. The monoisotopic (exact) mass is 385 g/mol. The highest BCUT2D eigenvalue weighted by molar-refractivity contribution is 5.72. The molecule has 0 aliphatic heterocycles. The summed E-state index contributed by atoms with van der Waals surface area (Å²) in [6, 6.07) is 17.0. The van der Waals surface area contributed by atoms with Crippen molar-refractivity contribution < 1.29 is 17.9 Å². The van der Waals surface area contributed by atoms with Crippen molar-refractivity contribution in [2.75, 3.05) is 12.4 Å². The van der Waals surface area contributed by atoms with Crippen LogP contribution in [0.15, 0.2) is 60.7 Å². The summed E-state index contributed by atoms with van der Waals surface area (Å²) in [6.07, 6.45) is -4.48. The highest BCUT2D eigenvalue weighted by Crippen LogP contribution is 2.40. The standard InChI is InChI=1S/C23H22F3NO/c1-15-7-4-5-9-18(15)19-12-11-17(13-21(19)23(24,25)26)28-14-20-16(2)8-6-10-22(20)27-3/h4-13,27H,14H2,1-3H3. The van der Waals surface area contributed by atoms with Crippen molar-refractivity contribution in [3.05, 3.63) is 82.9 Å². The maximum Gasteiger partial charge on any atom is 0.417 e. The molecular weight excluding hydrogens is 363 g/mol. The van der Waals surface area contributed by atoms with Crippen molar-refractivity contribution in [2.45, 2.75) is 26.6 Å². The van der Waals surface area contributed by atoms with E-state index in [1.165, 1.54) is 6.07 Å². The SMILES string of the molecule is CNc1cccc(C)c1COc1ccc(-c2ccccc2C)c(C(F)(F)F)c1. The van der Waals surface area contributed by atoms with E-state index in [0.29, 0.717) is 5.56 Å². The zero-order valence-corrected chi connectivity index (χ0v) is 16.0. The third-order valence-electron chi connectivity index (χ3n) is 4.79. The summed E-state index contributed by atoms with van der Waals surface area (Å²) in [5, 5.41) is 3.09. The number of anilines is 1. The molecule has 0 amide bonds. The largest absolute Gasteiger partial charge is 0.489 e. The number of hydrogen-bond donors (Lipinski definition) is 1. The van der Waals surface area contributed by atoms with Crippen LogP contribution < -0.4 is 10.1 Å². The van der Waals surface area contributed by atoms with E-state index in [9.17, 15) is 13.2 Å². The van der Waals surface area contributed by atoms with Crippen molar-refractivity contribution >= 4 is 5.69 Å². The first-order valence-electron chi connectivity index (χ1n) is 8.97. The zero-order valence-electron chi connectivity index (χ0n) is 16.0. The molecule has 2 nitrogen and oxygen atoms in total. The van der Waals surface area contributed by atoms with Crippen LogP contribution in [-0.4, -0.2) is 7.05 Å². The number of hydrogen-bond acceptors (Lipinski definition) is 2. The molecule has 0 spiro atoms. The van der Waals surface area contributed by atoms with E-state index in [1.54, 1.807) is 38.2 Å². The summed E-state index contributed by atoms with van der Waals surface area (Å²) in [7, 11) is 1.80. The Labute approximate surface area is 163 Å². The van der Waals surface area contributed by atoms with Gasteiger partial charge in [-0.25, -0.2) is 0 Å². The molecule has 0 saturated carbocycles. The lowest BCUT2D eigenvalue weighted by Gasteiger charge is -2.18. The summed E-state index contributed by atoms with van der Waals surface area (Å²) >= 11 is 0. The minimum atomic E-state index is -4.48. The van der Waals surface area contributed by atoms with Crippen molar-refractivity contribution in [1.29, 1.82) is 0 Å². The molecule has 146 valence electrons. The number of alkyl halides is 3. The number of rotatable bonds is 5. The van der Waals surface area contributed by atoms with E-state index in [2.05, 4.69) is 5.32 Å². The Kier molecular flexibility index (Phi) is 5.63. The molecular formula is C23H22F3NO. The zero-order chi connectivity index (χ0) is 20.3. The second-order valence-corrected chi connectivity index (χ2v) is 6.66. The second-order valence-electron chi connectivity index (χ2n) is 6.66. The van der Waals surface area contributed by atoms with Gasteiger partial charge in [-0.05, 0) is 54.3 Å². The fraction of sp³-hybridized carbons (Fsp3) is 0.217. The van der Waals surface area contributed by atoms with Crippen LogP contribution in [0.25, 0.3) is 11.1 Å². The predicted octanol–water partition coefficient (Wildman–Crippen LogP) is 6.61. The maximum atomic E-state index is 13.7. The molecule has 0 heterocycles. The Bertz CT molecular complexity index is 980. The van der Waals surface area contributed by atoms with Gasteiger partial charge in [0.05, 0.1) is 5.56 Å². The Morgan fingerprint density at radius 1 is 0.857 bits per heavy atom. The molecule has 3 rings (SSSR count). The highest BCUT2D eigenvalue weighted by Gasteiger charge is 2.34. The molecule has 28 heavy (non-hydrogen) atoms. The molecule has 1 N–H and O–H groups in total. The molecule has 0 saturated heterocycles. The fourth-order valence-corrected chi connectivity index (χ4v) is 3.24. The number of halogens is 3. The number of nitrogens with one attached hydrogen (secondary N) is 1. The topological polar surface area (TPSA) is 21.3 Å². The fourth-order valence-electron chi connectivity index (χ4n) is 3.24. The van der Waals surface area contributed by atoms with Crippen molar-refractivity contribution in [2.24, 2.45) is 0 Å². The van der Waals surface area contributed by atoms with Crippen LogP contribution in [0, 0.1) is 13.8 Å². The van der Waals surface area contributed by atoms with E-state index in [4.69, 9.17) is 4.74 Å². The van der Waals surface area contributed by atoms with Crippen molar-refractivity contribution in [3.8, 4) is 16.9 Å². The summed E-state index contributed by atoms with van der Waals surface area (Å²) < 4.78 is 46.9. The Balaban J connectivity index is 1.96. The minimum absolute atomic E-state index is 0.157. The molecule has 3 aromatic rings. The number of benzene rings is 3. The Morgan fingerprint density at radius 2 is 1.57 bits per heavy atom. The van der Waals surface area contributed by atoms with Crippen LogP contribution in [0.5, 0.6) is 5.75 Å². The Morgan fingerprint density at radius 3 is 2.25 bits per heavy atom. The smallest absolute Gasteiger partial charge is 0.417 e. The van der Waals surface area contributed by atoms with Crippen molar-refractivity contribution in [3.63, 3.8) is 0 Å². The molecule has 0 atom stereocenters. The van der Waals surface area contributed by atoms with Crippen LogP contribution in [0.1, 0.15) is 22.3 Å². The quantitative estimate of drug-likeness (QED) is 0.534. The number of aryl methyl sites for hydroxylation is 2. The lowest BCUT2D eigenvalue weighted by atomic mass is 9.95. The first-order valence-corrected chi connectivity index (χ1v) is 8.97. The van der Waals surface area contributed by atoms with Gasteiger partial charge in [-0.15, -0.1) is 0 Å². The molecule has 0 unspecified atom stereocenters. The molecule has 5 heteroatoms. The van der Waals surface area contributed by atoms with E-state index in [1.807, 2.05) is 31.2 Å². The summed E-state index contributed by atoms with van der Waals surface area (Å²) in [5.41, 5.74) is 3.65. The van der Waals surface area contributed by atoms with E-state index < -0.39 is 11.7 Å². The van der Waals surface area contributed by atoms with E-state index in [0.717, 1.165) is 28.4 Å². The van der Waals surface area contributed by atoms with Gasteiger partial charge in [-0.3, -0.25) is 0 Å². The van der Waals surface area contributed by atoms with Gasteiger partial charge in [0.1, 0.15) is 12.4 Å². The lowest BCUT2D eigenvalue weighted by molar-refractivity contribution is -0.137. The van der Waals surface area contributed by atoms with Gasteiger partial charge in [0, 0.05) is 18.3 Å². The first-order chi connectivity index (χ1) is 13.3. The summed E-state index contributed by atoms with van der Waals surface area (Å²) in [5.74, 6) is 0.190. The maximum absolute atomic E-state index is 13.7. The van der Waals surface area contributed by atoms with E-state index in [-0.39, 0.29) is 17.9 Å². The van der Waals surface area contributed by atoms with Gasteiger partial charge in [0.25, 0.3) is 0 Å². The van der Waals surface area contributed by atoms with Gasteiger partial charge in [-0.1, -0.05) is 42.5 Å². The first kappa shape index (κ1) is 19.8. The van der Waals surface area contributed by atoms with Gasteiger partial charge in [0.2, 0.25) is 0 Å². The van der Waals surface area contributed by atoms with Crippen LogP contribution in [0.2, 0.25) is 0 Å². The molecule has 0 radical (unpaired) electrons. The van der Waals surface area contributed by atoms with Gasteiger partial charge >= 0.3 is 6.18 Å². The average Bonchev–Trinajstić information content (AvgIpc) is 2.66. The third-order valence-corrected chi connectivity index (χ3v) is 4.79. The second kappa shape index (κ2) is 7.97. The van der Waals surface area contributed by atoms with Crippen molar-refractivity contribution in [1.82, 2.24) is 0 Å². The van der Waals surface area contributed by atoms with E-state index >= 15 is 0 Å². The Hall–Kier alpha value is -2.95. The van der Waals surface area contributed by atoms with Gasteiger partial charge in [-0.2, -0.15) is 13.2 Å². The molecule has 0 aliphatic rings. The predicted molar refractivity (Wildman–Crippen MR) is 107 cm³/mol.